The molecular formula is C20H17N3O3. The zero-order valence-electron chi connectivity index (χ0n) is 13.9. The molecule has 26 heavy (non-hydrogen) atoms. The molecule has 2 heterocycles. The largest absolute Gasteiger partial charge is 0.508 e. The van der Waals surface area contributed by atoms with Gasteiger partial charge in [-0.25, -0.2) is 4.98 Å². The zero-order valence-corrected chi connectivity index (χ0v) is 13.9. The van der Waals surface area contributed by atoms with Crippen molar-refractivity contribution < 1.29 is 15.0 Å². The summed E-state index contributed by atoms with van der Waals surface area (Å²) in [4.78, 5) is 19.7. The van der Waals surface area contributed by atoms with Crippen LogP contribution in [0.5, 0.6) is 11.5 Å². The highest BCUT2D eigenvalue weighted by molar-refractivity contribution is 5.96. The van der Waals surface area contributed by atoms with Gasteiger partial charge in [0.15, 0.2) is 0 Å². The number of amides is 1. The number of nitrogens with zero attached hydrogens (tertiary/aromatic N) is 1. The van der Waals surface area contributed by atoms with E-state index >= 15 is 0 Å². The van der Waals surface area contributed by atoms with Crippen LogP contribution < -0.4 is 5.32 Å². The van der Waals surface area contributed by atoms with Crippen LogP contribution in [0.15, 0.2) is 54.7 Å². The van der Waals surface area contributed by atoms with Crippen LogP contribution in [0, 0.1) is 0 Å². The summed E-state index contributed by atoms with van der Waals surface area (Å²) in [6, 6.07) is 13.7. The van der Waals surface area contributed by atoms with Crippen LogP contribution in [0.1, 0.15) is 16.1 Å². The molecule has 0 aliphatic heterocycles. The Morgan fingerprint density at radius 1 is 1.12 bits per heavy atom. The molecule has 2 aromatic heterocycles. The second-order valence-electron chi connectivity index (χ2n) is 6.10. The lowest BCUT2D eigenvalue weighted by Crippen LogP contribution is -2.26. The van der Waals surface area contributed by atoms with Gasteiger partial charge >= 0.3 is 0 Å². The summed E-state index contributed by atoms with van der Waals surface area (Å²) in [5.41, 5.74) is 2.62. The number of nitrogens with one attached hydrogen (secondary N) is 2. The summed E-state index contributed by atoms with van der Waals surface area (Å²) in [5, 5.41) is 24.1. The maximum atomic E-state index is 12.3. The van der Waals surface area contributed by atoms with Gasteiger partial charge in [-0.2, -0.15) is 0 Å². The Kier molecular flexibility index (Phi) is 3.93. The fraction of sp³-hybridized carbons (Fsp3) is 0.100. The number of H-pyrrole nitrogens is 1. The van der Waals surface area contributed by atoms with Crippen molar-refractivity contribution in [1.29, 1.82) is 0 Å². The number of phenols is 2. The van der Waals surface area contributed by atoms with Gasteiger partial charge in [0.05, 0.1) is 0 Å². The monoisotopic (exact) mass is 347 g/mol. The zero-order chi connectivity index (χ0) is 18.1. The highest BCUT2D eigenvalue weighted by Gasteiger charge is 2.10. The Hall–Kier alpha value is -3.54. The smallest absolute Gasteiger partial charge is 0.269 e. The van der Waals surface area contributed by atoms with Gasteiger partial charge in [-0.1, -0.05) is 18.2 Å². The number of para-hydroxylation sites is 1. The third-order valence-corrected chi connectivity index (χ3v) is 4.36. The van der Waals surface area contributed by atoms with Crippen LogP contribution in [0.2, 0.25) is 0 Å². The fourth-order valence-electron chi connectivity index (χ4n) is 3.03. The van der Waals surface area contributed by atoms with E-state index in [0.717, 1.165) is 21.9 Å². The predicted octanol–water partition coefficient (Wildman–Crippen LogP) is 3.10. The third kappa shape index (κ3) is 2.93. The van der Waals surface area contributed by atoms with E-state index in [4.69, 9.17) is 0 Å². The summed E-state index contributed by atoms with van der Waals surface area (Å²) in [6.45, 7) is 0.432. The maximum Gasteiger partial charge on any atom is 0.269 e. The molecule has 4 N–H and O–H groups in total. The number of benzene rings is 2. The summed E-state index contributed by atoms with van der Waals surface area (Å²) in [5.74, 6) is -0.0313. The molecule has 0 atom stereocenters. The minimum absolute atomic E-state index is 0.0516. The van der Waals surface area contributed by atoms with E-state index in [1.807, 2.05) is 18.3 Å². The molecule has 4 aromatic rings. The molecule has 6 heteroatoms. The first-order chi connectivity index (χ1) is 12.6. The first-order valence-corrected chi connectivity index (χ1v) is 8.28. The van der Waals surface area contributed by atoms with Gasteiger partial charge in [0, 0.05) is 29.0 Å². The summed E-state index contributed by atoms with van der Waals surface area (Å²) in [7, 11) is 0. The number of rotatable bonds is 4. The molecule has 0 aliphatic rings. The van der Waals surface area contributed by atoms with E-state index in [-0.39, 0.29) is 23.1 Å². The van der Waals surface area contributed by atoms with Crippen molar-refractivity contribution in [3.05, 3.63) is 66.0 Å². The molecule has 0 unspecified atom stereocenters. The Labute approximate surface area is 149 Å². The highest BCUT2D eigenvalue weighted by Crippen LogP contribution is 2.24. The molecular weight excluding hydrogens is 330 g/mol. The van der Waals surface area contributed by atoms with Gasteiger partial charge in [0.2, 0.25) is 0 Å². The van der Waals surface area contributed by atoms with Gasteiger partial charge in [0.25, 0.3) is 5.91 Å². The molecule has 0 fully saturated rings. The number of aromatic hydroxyl groups is 2. The third-order valence-electron chi connectivity index (χ3n) is 4.36. The van der Waals surface area contributed by atoms with Crippen molar-refractivity contribution >= 4 is 27.7 Å². The molecule has 130 valence electrons. The summed E-state index contributed by atoms with van der Waals surface area (Å²) in [6.07, 6.45) is 2.50. The average Bonchev–Trinajstić information content (AvgIpc) is 3.04. The molecule has 4 rings (SSSR count). The number of phenolic OH excluding ortho intramolecular Hbond substituents is 2. The molecule has 0 saturated heterocycles. The normalized spacial score (nSPS) is 11.1. The van der Waals surface area contributed by atoms with Crippen LogP contribution in [0.3, 0.4) is 0 Å². The second-order valence-corrected chi connectivity index (χ2v) is 6.10. The second kappa shape index (κ2) is 6.40. The predicted molar refractivity (Wildman–Crippen MR) is 99.4 cm³/mol. The van der Waals surface area contributed by atoms with E-state index < -0.39 is 0 Å². The molecule has 6 nitrogen and oxygen atoms in total. The number of aromatic amines is 1. The van der Waals surface area contributed by atoms with E-state index in [2.05, 4.69) is 15.3 Å². The standard InChI is InChI=1S/C20H17N3O3/c24-14-5-7-16-15(10-14)13(11-22-16)8-9-21-20(26)17-6-4-12-2-1-3-18(25)19(12)23-17/h1-7,10-11,22,24-25H,8-9H2,(H,21,26). The maximum absolute atomic E-state index is 12.3. The number of fused-ring (bicyclic) bond motifs is 2. The topological polar surface area (TPSA) is 98.2 Å². The number of hydrogen-bond donors (Lipinski definition) is 4. The van der Waals surface area contributed by atoms with Gasteiger partial charge < -0.3 is 20.5 Å². The van der Waals surface area contributed by atoms with Crippen LogP contribution in [0.25, 0.3) is 21.8 Å². The van der Waals surface area contributed by atoms with Crippen LogP contribution in [0.4, 0.5) is 0 Å². The number of pyridine rings is 1. The molecule has 0 saturated carbocycles. The van der Waals surface area contributed by atoms with Crippen LogP contribution in [-0.4, -0.2) is 32.6 Å². The average molecular weight is 347 g/mol. The highest BCUT2D eigenvalue weighted by atomic mass is 16.3. The summed E-state index contributed by atoms with van der Waals surface area (Å²) < 4.78 is 0. The van der Waals surface area contributed by atoms with Gasteiger partial charge in [-0.3, -0.25) is 4.79 Å². The van der Waals surface area contributed by atoms with Crippen molar-refractivity contribution in [2.75, 3.05) is 6.54 Å². The van der Waals surface area contributed by atoms with Gasteiger partial charge in [-0.05, 0) is 42.3 Å². The quantitative estimate of drug-likeness (QED) is 0.456. The van der Waals surface area contributed by atoms with E-state index in [9.17, 15) is 15.0 Å². The lowest BCUT2D eigenvalue weighted by Gasteiger charge is -2.06. The Morgan fingerprint density at radius 3 is 2.88 bits per heavy atom. The molecule has 0 radical (unpaired) electrons. The number of carbonyl (C=O) groups is 1. The fourth-order valence-corrected chi connectivity index (χ4v) is 3.03. The lowest BCUT2D eigenvalue weighted by atomic mass is 10.1. The molecule has 0 spiro atoms. The van der Waals surface area contributed by atoms with Gasteiger partial charge in [-0.15, -0.1) is 0 Å². The van der Waals surface area contributed by atoms with Crippen molar-refractivity contribution in [3.8, 4) is 11.5 Å². The van der Waals surface area contributed by atoms with Crippen molar-refractivity contribution in [2.45, 2.75) is 6.42 Å². The van der Waals surface area contributed by atoms with Gasteiger partial charge in [0.1, 0.15) is 22.7 Å². The van der Waals surface area contributed by atoms with E-state index in [1.54, 1.807) is 36.4 Å². The Morgan fingerprint density at radius 2 is 2.00 bits per heavy atom. The number of aromatic nitrogens is 2. The molecule has 0 aliphatic carbocycles. The van der Waals surface area contributed by atoms with Crippen LogP contribution >= 0.6 is 0 Å². The van der Waals surface area contributed by atoms with Crippen LogP contribution in [-0.2, 0) is 6.42 Å². The van der Waals surface area contributed by atoms with E-state index in [1.165, 1.54) is 0 Å². The number of hydrogen-bond acceptors (Lipinski definition) is 4. The molecule has 1 amide bonds. The lowest BCUT2D eigenvalue weighted by molar-refractivity contribution is 0.0949. The Balaban J connectivity index is 1.47. The molecule has 2 aromatic carbocycles. The van der Waals surface area contributed by atoms with Crippen molar-refractivity contribution in [3.63, 3.8) is 0 Å². The number of carbonyl (C=O) groups excluding carboxylic acids is 1. The minimum atomic E-state index is -0.294. The first-order valence-electron chi connectivity index (χ1n) is 8.28. The Bertz CT molecular complexity index is 1120. The first kappa shape index (κ1) is 16.0. The molecule has 0 bridgehead atoms. The summed E-state index contributed by atoms with van der Waals surface area (Å²) >= 11 is 0. The van der Waals surface area contributed by atoms with Crippen molar-refractivity contribution in [2.24, 2.45) is 0 Å². The van der Waals surface area contributed by atoms with E-state index in [0.29, 0.717) is 18.5 Å². The SMILES string of the molecule is O=C(NCCc1c[nH]c2ccc(O)cc12)c1ccc2cccc(O)c2n1. The minimum Gasteiger partial charge on any atom is -0.508 e. The van der Waals surface area contributed by atoms with Crippen molar-refractivity contribution in [1.82, 2.24) is 15.3 Å².